The number of benzene rings is 2. The highest BCUT2D eigenvalue weighted by Gasteiger charge is 2.36. The molecule has 8 nitrogen and oxygen atoms in total. The van der Waals surface area contributed by atoms with Crippen LogP contribution in [-0.2, 0) is 9.59 Å². The predicted octanol–water partition coefficient (Wildman–Crippen LogP) is 3.06. The molecule has 1 unspecified atom stereocenters. The highest BCUT2D eigenvalue weighted by atomic mass is 16.5. The van der Waals surface area contributed by atoms with Crippen LogP contribution in [0.25, 0.3) is 22.3 Å². The first-order chi connectivity index (χ1) is 15.6. The first kappa shape index (κ1) is 22.4. The Morgan fingerprint density at radius 3 is 2.58 bits per heavy atom. The Morgan fingerprint density at radius 1 is 1.18 bits per heavy atom. The molecule has 0 saturated carbocycles. The summed E-state index contributed by atoms with van der Waals surface area (Å²) in [6.07, 6.45) is 0.243. The van der Waals surface area contributed by atoms with Gasteiger partial charge < -0.3 is 24.5 Å². The zero-order valence-corrected chi connectivity index (χ0v) is 18.8. The number of aromatic hydroxyl groups is 1. The van der Waals surface area contributed by atoms with Gasteiger partial charge in [-0.05, 0) is 20.8 Å². The maximum Gasteiger partial charge on any atom is 0.258 e. The summed E-state index contributed by atoms with van der Waals surface area (Å²) in [5.74, 6) is -0.141. The highest BCUT2D eigenvalue weighted by Crippen LogP contribution is 2.31. The topological polar surface area (TPSA) is 109 Å². The van der Waals surface area contributed by atoms with E-state index in [2.05, 4.69) is 5.32 Å². The van der Waals surface area contributed by atoms with E-state index in [1.165, 1.54) is 18.2 Å². The number of nitrogens with one attached hydrogen (secondary N) is 1. The van der Waals surface area contributed by atoms with Gasteiger partial charge in [-0.3, -0.25) is 14.4 Å². The minimum atomic E-state index is -0.386. The molecule has 1 aliphatic rings. The summed E-state index contributed by atoms with van der Waals surface area (Å²) < 4.78 is 11.4. The maximum absolute atomic E-state index is 12.5. The molecule has 33 heavy (non-hydrogen) atoms. The van der Waals surface area contributed by atoms with E-state index in [4.69, 9.17) is 9.15 Å². The zero-order chi connectivity index (χ0) is 23.8. The number of nitrogens with zero attached hydrogens (tertiary/aromatic N) is 1. The van der Waals surface area contributed by atoms with Gasteiger partial charge in [-0.15, -0.1) is 0 Å². The number of likely N-dealkylation sites (tertiary alicyclic amines) is 1. The lowest BCUT2D eigenvalue weighted by molar-refractivity contribution is -0.131. The summed E-state index contributed by atoms with van der Waals surface area (Å²) in [4.78, 5) is 38.8. The first-order valence-electron chi connectivity index (χ1n) is 10.7. The molecule has 1 aliphatic heterocycles. The number of ether oxygens (including phenoxy) is 1. The van der Waals surface area contributed by atoms with Crippen molar-refractivity contribution in [2.24, 2.45) is 0 Å². The van der Waals surface area contributed by atoms with Gasteiger partial charge in [-0.1, -0.05) is 30.3 Å². The van der Waals surface area contributed by atoms with Crippen molar-refractivity contribution >= 4 is 22.8 Å². The van der Waals surface area contributed by atoms with Crippen LogP contribution in [0.5, 0.6) is 11.5 Å². The molecule has 2 amide bonds. The van der Waals surface area contributed by atoms with E-state index < -0.39 is 0 Å². The van der Waals surface area contributed by atoms with Gasteiger partial charge in [0.15, 0.2) is 12.0 Å². The lowest BCUT2D eigenvalue weighted by Crippen LogP contribution is -2.45. The normalized spacial score (nSPS) is 16.3. The molecule has 172 valence electrons. The number of hydrogen-bond acceptors (Lipinski definition) is 6. The van der Waals surface area contributed by atoms with Crippen LogP contribution < -0.4 is 15.5 Å². The summed E-state index contributed by atoms with van der Waals surface area (Å²) in [6.45, 7) is 5.98. The van der Waals surface area contributed by atoms with E-state index in [0.29, 0.717) is 12.3 Å². The molecule has 4 rings (SSSR count). The Bertz CT molecular complexity index is 1260. The van der Waals surface area contributed by atoms with Crippen molar-refractivity contribution in [1.82, 2.24) is 10.2 Å². The van der Waals surface area contributed by atoms with Crippen molar-refractivity contribution in [2.75, 3.05) is 13.2 Å². The number of carbonyl (C=O) groups excluding carboxylic acids is 2. The van der Waals surface area contributed by atoms with Crippen molar-refractivity contribution in [2.45, 2.75) is 38.8 Å². The Balaban J connectivity index is 1.47. The average molecular weight is 450 g/mol. The maximum atomic E-state index is 12.5. The second-order valence-electron chi connectivity index (χ2n) is 9.09. The number of phenolic OH excluding ortho intramolecular Hbond substituents is 1. The minimum absolute atomic E-state index is 0.00239. The molecule has 1 atom stereocenters. The molecular weight excluding hydrogens is 424 g/mol. The van der Waals surface area contributed by atoms with Crippen LogP contribution in [-0.4, -0.2) is 46.6 Å². The first-order valence-corrected chi connectivity index (χ1v) is 10.7. The van der Waals surface area contributed by atoms with Crippen LogP contribution in [0.3, 0.4) is 0 Å². The van der Waals surface area contributed by atoms with Crippen LogP contribution in [0.4, 0.5) is 0 Å². The smallest absolute Gasteiger partial charge is 0.258 e. The van der Waals surface area contributed by atoms with Gasteiger partial charge in [0.2, 0.25) is 5.91 Å². The third-order valence-corrected chi connectivity index (χ3v) is 5.51. The van der Waals surface area contributed by atoms with Crippen molar-refractivity contribution in [1.29, 1.82) is 0 Å². The molecular formula is C25H26N2O6. The molecule has 2 N–H and O–H groups in total. The summed E-state index contributed by atoms with van der Waals surface area (Å²) in [5.41, 5.74) is 0.181. The SMILES string of the molecule is CC(C)(C)N1CC(NC(=O)COc2cc(O)c3c(=O)cc(-c4ccccc4)oc3c2)CC1=O. The standard InChI is InChI=1S/C25H26N2O6/c1-25(2,3)27-13-16(9-23(27)31)26-22(30)14-32-17-10-18(28)24-19(29)12-20(33-21(24)11-17)15-7-5-4-6-8-15/h4-8,10-12,16,28H,9,13-14H2,1-3H3,(H,26,30). The Kier molecular flexibility index (Phi) is 5.84. The van der Waals surface area contributed by atoms with Gasteiger partial charge in [0, 0.05) is 42.3 Å². The Morgan fingerprint density at radius 2 is 1.91 bits per heavy atom. The number of rotatable bonds is 5. The van der Waals surface area contributed by atoms with Crippen LogP contribution in [0.1, 0.15) is 27.2 Å². The van der Waals surface area contributed by atoms with Gasteiger partial charge in [0.05, 0.1) is 6.04 Å². The Labute approximate surface area is 190 Å². The lowest BCUT2D eigenvalue weighted by Gasteiger charge is -2.32. The van der Waals surface area contributed by atoms with Gasteiger partial charge in [-0.2, -0.15) is 0 Å². The molecule has 0 radical (unpaired) electrons. The average Bonchev–Trinajstić information content (AvgIpc) is 3.12. The van der Waals surface area contributed by atoms with Crippen LogP contribution in [0.2, 0.25) is 0 Å². The van der Waals surface area contributed by atoms with Crippen molar-refractivity contribution in [3.63, 3.8) is 0 Å². The van der Waals surface area contributed by atoms with Crippen molar-refractivity contribution in [3.05, 3.63) is 58.8 Å². The molecule has 0 spiro atoms. The van der Waals surface area contributed by atoms with E-state index in [1.54, 1.807) is 4.90 Å². The molecule has 1 saturated heterocycles. The molecule has 0 aliphatic carbocycles. The van der Waals surface area contributed by atoms with Gasteiger partial charge in [0.25, 0.3) is 5.91 Å². The second kappa shape index (κ2) is 8.61. The van der Waals surface area contributed by atoms with Crippen LogP contribution in [0, 0.1) is 0 Å². The number of phenols is 1. The van der Waals surface area contributed by atoms with Gasteiger partial charge >= 0.3 is 0 Å². The number of hydrogen-bond donors (Lipinski definition) is 2. The minimum Gasteiger partial charge on any atom is -0.507 e. The summed E-state index contributed by atoms with van der Waals surface area (Å²) in [7, 11) is 0. The number of carbonyl (C=O) groups is 2. The predicted molar refractivity (Wildman–Crippen MR) is 123 cm³/mol. The zero-order valence-electron chi connectivity index (χ0n) is 18.8. The Hall–Kier alpha value is -3.81. The third kappa shape index (κ3) is 4.84. The molecule has 2 heterocycles. The van der Waals surface area contributed by atoms with Crippen LogP contribution in [0.15, 0.2) is 57.7 Å². The fourth-order valence-electron chi connectivity index (χ4n) is 3.94. The molecule has 1 fully saturated rings. The molecule has 0 bridgehead atoms. The van der Waals surface area contributed by atoms with Gasteiger partial charge in [0.1, 0.15) is 28.2 Å². The van der Waals surface area contributed by atoms with E-state index in [9.17, 15) is 19.5 Å². The molecule has 8 heteroatoms. The van der Waals surface area contributed by atoms with E-state index >= 15 is 0 Å². The summed E-state index contributed by atoms with van der Waals surface area (Å²) in [5, 5.41) is 13.2. The lowest BCUT2D eigenvalue weighted by atomic mass is 10.1. The third-order valence-electron chi connectivity index (χ3n) is 5.51. The fraction of sp³-hybridized carbons (Fsp3) is 0.320. The van der Waals surface area contributed by atoms with E-state index in [-0.39, 0.29) is 64.3 Å². The molecule has 3 aromatic rings. The van der Waals surface area contributed by atoms with E-state index in [1.807, 2.05) is 51.1 Å². The van der Waals surface area contributed by atoms with Gasteiger partial charge in [-0.25, -0.2) is 0 Å². The quantitative estimate of drug-likeness (QED) is 0.618. The number of fused-ring (bicyclic) bond motifs is 1. The second-order valence-corrected chi connectivity index (χ2v) is 9.09. The molecule has 1 aromatic heterocycles. The van der Waals surface area contributed by atoms with Crippen molar-refractivity contribution < 1.29 is 23.8 Å². The molecule has 2 aromatic carbocycles. The highest BCUT2D eigenvalue weighted by molar-refractivity contribution is 5.86. The number of amides is 2. The summed E-state index contributed by atoms with van der Waals surface area (Å²) in [6, 6.07) is 12.9. The van der Waals surface area contributed by atoms with E-state index in [0.717, 1.165) is 5.56 Å². The monoisotopic (exact) mass is 450 g/mol. The summed E-state index contributed by atoms with van der Waals surface area (Å²) >= 11 is 0. The van der Waals surface area contributed by atoms with Crippen LogP contribution >= 0.6 is 0 Å². The fourth-order valence-corrected chi connectivity index (χ4v) is 3.94. The largest absolute Gasteiger partial charge is 0.507 e. The van der Waals surface area contributed by atoms with Crippen molar-refractivity contribution in [3.8, 4) is 22.8 Å².